The van der Waals surface area contributed by atoms with E-state index in [-0.39, 0.29) is 23.0 Å². The van der Waals surface area contributed by atoms with Crippen LogP contribution in [0.25, 0.3) is 0 Å². The molecule has 0 spiro atoms. The largest absolute Gasteiger partial charge is 0.335 e. The molecule has 1 aliphatic heterocycles. The standard InChI is InChI=1S/C15H23N3O3S/c1-13-3-5-14(6-4-13)22(20,21)12-7-15(19)16-18-10-8-17(2)9-11-18/h3-6H,7-12H2,1-2H3,(H,16,19)/p+1. The van der Waals surface area contributed by atoms with E-state index >= 15 is 0 Å². The molecule has 0 radical (unpaired) electrons. The summed E-state index contributed by atoms with van der Waals surface area (Å²) in [5, 5.41) is 1.87. The van der Waals surface area contributed by atoms with Crippen molar-refractivity contribution >= 4 is 15.7 Å². The molecule has 0 unspecified atom stereocenters. The predicted molar refractivity (Wildman–Crippen MR) is 84.2 cm³/mol. The van der Waals surface area contributed by atoms with Crippen molar-refractivity contribution < 1.29 is 18.1 Å². The van der Waals surface area contributed by atoms with Gasteiger partial charge in [-0.25, -0.2) is 13.4 Å². The maximum Gasteiger partial charge on any atom is 0.235 e. The molecule has 0 saturated carbocycles. The Labute approximate surface area is 132 Å². The highest BCUT2D eigenvalue weighted by Crippen LogP contribution is 2.13. The van der Waals surface area contributed by atoms with Crippen LogP contribution in [0.3, 0.4) is 0 Å². The van der Waals surface area contributed by atoms with E-state index in [2.05, 4.69) is 12.5 Å². The lowest BCUT2D eigenvalue weighted by atomic mass is 10.2. The average molecular weight is 326 g/mol. The van der Waals surface area contributed by atoms with Crippen molar-refractivity contribution in [3.8, 4) is 0 Å². The number of piperazine rings is 1. The molecule has 22 heavy (non-hydrogen) atoms. The van der Waals surface area contributed by atoms with E-state index in [9.17, 15) is 13.2 Å². The van der Waals surface area contributed by atoms with Gasteiger partial charge in [0.15, 0.2) is 9.84 Å². The van der Waals surface area contributed by atoms with Crippen LogP contribution < -0.4 is 10.3 Å². The van der Waals surface area contributed by atoms with Gasteiger partial charge in [-0.1, -0.05) is 17.7 Å². The second kappa shape index (κ2) is 7.21. The number of benzene rings is 1. The van der Waals surface area contributed by atoms with Gasteiger partial charge in [0.25, 0.3) is 0 Å². The van der Waals surface area contributed by atoms with Crippen LogP contribution in [0.1, 0.15) is 12.0 Å². The van der Waals surface area contributed by atoms with Crippen LogP contribution in [0.4, 0.5) is 0 Å². The summed E-state index contributed by atoms with van der Waals surface area (Å²) in [6, 6.07) is 6.71. The van der Waals surface area contributed by atoms with Crippen LogP contribution in [-0.2, 0) is 14.6 Å². The highest BCUT2D eigenvalue weighted by atomic mass is 32.2. The second-order valence-corrected chi connectivity index (χ2v) is 7.97. The number of sulfone groups is 1. The number of quaternary nitrogens is 1. The van der Waals surface area contributed by atoms with Crippen LogP contribution in [0, 0.1) is 6.92 Å². The van der Waals surface area contributed by atoms with Gasteiger partial charge >= 0.3 is 0 Å². The summed E-state index contributed by atoms with van der Waals surface area (Å²) in [6.45, 7) is 5.44. The summed E-state index contributed by atoms with van der Waals surface area (Å²) >= 11 is 0. The van der Waals surface area contributed by atoms with E-state index in [4.69, 9.17) is 0 Å². The number of hydrazine groups is 1. The molecule has 1 aromatic rings. The van der Waals surface area contributed by atoms with Gasteiger partial charge in [-0.15, -0.1) is 0 Å². The first-order chi connectivity index (χ1) is 10.4. The number of amides is 1. The number of hydrogen-bond acceptors (Lipinski definition) is 4. The minimum Gasteiger partial charge on any atom is -0.335 e. The Kier molecular flexibility index (Phi) is 5.55. The fourth-order valence-electron chi connectivity index (χ4n) is 2.32. The van der Waals surface area contributed by atoms with Gasteiger partial charge in [0.1, 0.15) is 0 Å². The molecule has 0 aliphatic carbocycles. The molecule has 1 amide bonds. The van der Waals surface area contributed by atoms with E-state index in [1.807, 2.05) is 11.9 Å². The molecule has 1 aliphatic rings. The molecule has 1 aromatic carbocycles. The van der Waals surface area contributed by atoms with Crippen molar-refractivity contribution in [2.45, 2.75) is 18.2 Å². The smallest absolute Gasteiger partial charge is 0.235 e. The fourth-order valence-corrected chi connectivity index (χ4v) is 3.56. The monoisotopic (exact) mass is 326 g/mol. The van der Waals surface area contributed by atoms with Crippen LogP contribution in [0.15, 0.2) is 29.2 Å². The fraction of sp³-hybridized carbons (Fsp3) is 0.533. The maximum atomic E-state index is 12.2. The van der Waals surface area contributed by atoms with Crippen molar-refractivity contribution in [1.29, 1.82) is 0 Å². The third-order valence-electron chi connectivity index (χ3n) is 3.88. The average Bonchev–Trinajstić information content (AvgIpc) is 2.48. The zero-order valence-corrected chi connectivity index (χ0v) is 13.9. The van der Waals surface area contributed by atoms with Crippen molar-refractivity contribution in [1.82, 2.24) is 10.4 Å². The molecule has 6 nitrogen and oxygen atoms in total. The lowest BCUT2D eigenvalue weighted by Crippen LogP contribution is -3.12. The number of rotatable bonds is 5. The van der Waals surface area contributed by atoms with Crippen LogP contribution in [0.5, 0.6) is 0 Å². The summed E-state index contributed by atoms with van der Waals surface area (Å²) in [7, 11) is -1.29. The molecular weight excluding hydrogens is 302 g/mol. The van der Waals surface area contributed by atoms with E-state index in [0.717, 1.165) is 31.7 Å². The zero-order chi connectivity index (χ0) is 16.2. The zero-order valence-electron chi connectivity index (χ0n) is 13.1. The number of nitrogens with zero attached hydrogens (tertiary/aromatic N) is 1. The van der Waals surface area contributed by atoms with E-state index in [1.54, 1.807) is 24.3 Å². The molecule has 0 bridgehead atoms. The van der Waals surface area contributed by atoms with Crippen molar-refractivity contribution in [2.24, 2.45) is 0 Å². The van der Waals surface area contributed by atoms with Crippen molar-refractivity contribution in [3.63, 3.8) is 0 Å². The third-order valence-corrected chi connectivity index (χ3v) is 5.61. The minimum atomic E-state index is -3.41. The lowest BCUT2D eigenvalue weighted by Gasteiger charge is -2.30. The van der Waals surface area contributed by atoms with Crippen molar-refractivity contribution in [2.75, 3.05) is 39.0 Å². The Bertz CT molecular complexity index is 605. The Morgan fingerprint density at radius 2 is 1.82 bits per heavy atom. The number of aryl methyl sites for hydroxylation is 1. The SMILES string of the molecule is Cc1ccc(S(=O)(=O)CCC(=O)NN2CC[NH+](C)CC2)cc1. The van der Waals surface area contributed by atoms with Gasteiger partial charge in [0, 0.05) is 6.42 Å². The van der Waals surface area contributed by atoms with Crippen LogP contribution >= 0.6 is 0 Å². The molecule has 1 fully saturated rings. The Morgan fingerprint density at radius 3 is 2.41 bits per heavy atom. The Balaban J connectivity index is 1.83. The van der Waals surface area contributed by atoms with E-state index in [1.165, 1.54) is 4.90 Å². The summed E-state index contributed by atoms with van der Waals surface area (Å²) in [4.78, 5) is 13.6. The first-order valence-electron chi connectivity index (χ1n) is 7.52. The Hall–Kier alpha value is -1.44. The predicted octanol–water partition coefficient (Wildman–Crippen LogP) is -0.980. The van der Waals surface area contributed by atoms with E-state index < -0.39 is 9.84 Å². The van der Waals surface area contributed by atoms with Gasteiger partial charge < -0.3 is 4.90 Å². The number of likely N-dealkylation sites (N-methyl/N-ethyl adjacent to an activating group) is 1. The lowest BCUT2D eigenvalue weighted by molar-refractivity contribution is -0.884. The maximum absolute atomic E-state index is 12.2. The normalized spacial score (nSPS) is 17.4. The first kappa shape index (κ1) is 16.9. The van der Waals surface area contributed by atoms with Gasteiger partial charge in [-0.3, -0.25) is 10.2 Å². The van der Waals surface area contributed by atoms with Crippen LogP contribution in [-0.4, -0.2) is 58.3 Å². The molecule has 2 N–H and O–H groups in total. The molecule has 1 saturated heterocycles. The van der Waals surface area contributed by atoms with Gasteiger partial charge in [0.2, 0.25) is 5.91 Å². The highest BCUT2D eigenvalue weighted by Gasteiger charge is 2.20. The number of hydrogen-bond donors (Lipinski definition) is 2. The quantitative estimate of drug-likeness (QED) is 0.730. The highest BCUT2D eigenvalue weighted by molar-refractivity contribution is 7.91. The number of nitrogens with one attached hydrogen (secondary N) is 2. The molecule has 2 rings (SSSR count). The molecule has 0 atom stereocenters. The van der Waals surface area contributed by atoms with Gasteiger partial charge in [-0.05, 0) is 19.1 Å². The third kappa shape index (κ3) is 4.79. The summed E-state index contributed by atoms with van der Waals surface area (Å²) in [5.41, 5.74) is 3.80. The number of carbonyl (C=O) groups excluding carboxylic acids is 1. The first-order valence-corrected chi connectivity index (χ1v) is 9.17. The number of carbonyl (C=O) groups is 1. The van der Waals surface area contributed by atoms with Crippen molar-refractivity contribution in [3.05, 3.63) is 29.8 Å². The topological polar surface area (TPSA) is 70.9 Å². The molecular formula is C15H24N3O3S+. The summed E-state index contributed by atoms with van der Waals surface area (Å²) in [5.74, 6) is -0.406. The van der Waals surface area contributed by atoms with Gasteiger partial charge in [-0.2, -0.15) is 0 Å². The molecule has 122 valence electrons. The van der Waals surface area contributed by atoms with E-state index in [0.29, 0.717) is 0 Å². The molecule has 7 heteroatoms. The Morgan fingerprint density at radius 1 is 1.23 bits per heavy atom. The summed E-state index contributed by atoms with van der Waals surface area (Å²) < 4.78 is 24.4. The molecule has 0 aromatic heterocycles. The van der Waals surface area contributed by atoms with Crippen LogP contribution in [0.2, 0.25) is 0 Å². The summed E-state index contributed by atoms with van der Waals surface area (Å²) in [6.07, 6.45) is -0.0184. The molecule has 1 heterocycles. The van der Waals surface area contributed by atoms with Gasteiger partial charge in [0.05, 0.1) is 43.9 Å². The second-order valence-electron chi connectivity index (χ2n) is 5.86. The minimum absolute atomic E-state index is 0.0184.